The summed E-state index contributed by atoms with van der Waals surface area (Å²) >= 11 is 2.42. The molecule has 1 N–H and O–H groups in total. The molecule has 0 aliphatic rings. The minimum absolute atomic E-state index is 0.0545. The van der Waals surface area contributed by atoms with E-state index in [9.17, 15) is 9.59 Å². The summed E-state index contributed by atoms with van der Waals surface area (Å²) in [5.74, 6) is -0.351. The van der Waals surface area contributed by atoms with Gasteiger partial charge < -0.3 is 4.74 Å². The predicted molar refractivity (Wildman–Crippen MR) is 77.6 cm³/mol. The van der Waals surface area contributed by atoms with E-state index in [-0.39, 0.29) is 17.8 Å². The van der Waals surface area contributed by atoms with Crippen molar-refractivity contribution in [1.29, 1.82) is 0 Å². The summed E-state index contributed by atoms with van der Waals surface area (Å²) in [7, 11) is 1.58. The van der Waals surface area contributed by atoms with Crippen molar-refractivity contribution in [2.75, 3.05) is 12.4 Å². The Morgan fingerprint density at radius 2 is 1.95 bits per heavy atom. The lowest BCUT2D eigenvalue weighted by atomic mass is 10.3. The van der Waals surface area contributed by atoms with Gasteiger partial charge in [0.2, 0.25) is 5.13 Å². The van der Waals surface area contributed by atoms with Gasteiger partial charge in [-0.25, -0.2) is 0 Å². The van der Waals surface area contributed by atoms with E-state index < -0.39 is 0 Å². The number of amides is 1. The summed E-state index contributed by atoms with van der Waals surface area (Å²) in [6, 6.07) is 3.26. The van der Waals surface area contributed by atoms with Crippen LogP contribution in [0.25, 0.3) is 0 Å². The van der Waals surface area contributed by atoms with Crippen LogP contribution in [-0.2, 0) is 4.74 Å². The molecule has 0 aromatic carbocycles. The number of carbonyl (C=O) groups excluding carboxylic acids is 2. The van der Waals surface area contributed by atoms with Crippen LogP contribution in [0.15, 0.2) is 12.1 Å². The minimum atomic E-state index is -0.296. The molecular weight excluding hydrogens is 298 g/mol. The molecule has 2 aromatic rings. The third-order valence-electron chi connectivity index (χ3n) is 2.54. The average Bonchev–Trinajstić information content (AvgIpc) is 3.06. The van der Waals surface area contributed by atoms with Crippen molar-refractivity contribution in [2.24, 2.45) is 0 Å². The van der Waals surface area contributed by atoms with Gasteiger partial charge in [0.1, 0.15) is 11.1 Å². The van der Waals surface area contributed by atoms with E-state index >= 15 is 0 Å². The molecule has 20 heavy (non-hydrogen) atoms. The van der Waals surface area contributed by atoms with E-state index in [0.717, 1.165) is 11.3 Å². The van der Waals surface area contributed by atoms with E-state index in [2.05, 4.69) is 15.5 Å². The van der Waals surface area contributed by atoms with E-state index in [1.807, 2.05) is 6.92 Å². The largest absolute Gasteiger partial charge is 0.374 e. The van der Waals surface area contributed by atoms with Crippen LogP contribution < -0.4 is 5.32 Å². The van der Waals surface area contributed by atoms with Crippen LogP contribution in [0.3, 0.4) is 0 Å². The summed E-state index contributed by atoms with van der Waals surface area (Å²) in [4.78, 5) is 24.2. The molecule has 2 heterocycles. The molecule has 0 bridgehead atoms. The van der Waals surface area contributed by atoms with Crippen LogP contribution in [0.2, 0.25) is 0 Å². The minimum Gasteiger partial charge on any atom is -0.374 e. The van der Waals surface area contributed by atoms with Crippen LogP contribution in [0.1, 0.15) is 44.3 Å². The summed E-state index contributed by atoms with van der Waals surface area (Å²) < 4.78 is 5.13. The van der Waals surface area contributed by atoms with Crippen LogP contribution >= 0.6 is 22.7 Å². The number of hydrogen-bond donors (Lipinski definition) is 1. The Balaban J connectivity index is 2.07. The van der Waals surface area contributed by atoms with Crippen molar-refractivity contribution >= 4 is 39.5 Å². The number of nitrogens with zero attached hydrogens (tertiary/aromatic N) is 2. The molecule has 1 amide bonds. The number of Topliss-reactive ketones (excluding diaryl/α,β-unsaturated/α-hetero) is 1. The number of carbonyl (C=O) groups is 2. The molecule has 0 radical (unpaired) electrons. The number of nitrogens with one attached hydrogen (secondary N) is 1. The number of rotatable bonds is 5. The standard InChI is InChI=1S/C12H13N3O3S2/c1-6(16)8-4-5-9(19-8)10(17)13-12-15-14-11(20-12)7(2)18-3/h4-5,7H,1-3H3,(H,13,15,17). The summed E-state index contributed by atoms with van der Waals surface area (Å²) in [6.07, 6.45) is -0.163. The van der Waals surface area contributed by atoms with Gasteiger partial charge in [-0.1, -0.05) is 11.3 Å². The van der Waals surface area contributed by atoms with Crippen molar-refractivity contribution in [3.8, 4) is 0 Å². The lowest BCUT2D eigenvalue weighted by Gasteiger charge is -2.02. The smallest absolute Gasteiger partial charge is 0.267 e. The number of aromatic nitrogens is 2. The molecule has 6 nitrogen and oxygen atoms in total. The highest BCUT2D eigenvalue weighted by molar-refractivity contribution is 7.17. The quantitative estimate of drug-likeness (QED) is 0.859. The monoisotopic (exact) mass is 311 g/mol. The molecule has 1 atom stereocenters. The lowest BCUT2D eigenvalue weighted by Crippen LogP contribution is -2.09. The molecule has 0 spiro atoms. The molecule has 2 aromatic heterocycles. The van der Waals surface area contributed by atoms with Crippen LogP contribution in [0, 0.1) is 0 Å². The second-order valence-electron chi connectivity index (χ2n) is 4.00. The molecule has 0 saturated carbocycles. The molecule has 0 saturated heterocycles. The van der Waals surface area contributed by atoms with Crippen molar-refractivity contribution in [1.82, 2.24) is 10.2 Å². The van der Waals surface area contributed by atoms with Crippen molar-refractivity contribution < 1.29 is 14.3 Å². The molecule has 106 valence electrons. The third-order valence-corrected chi connectivity index (χ3v) is 4.72. The fourth-order valence-corrected chi connectivity index (χ4v) is 2.92. The molecule has 8 heteroatoms. The van der Waals surface area contributed by atoms with E-state index in [1.165, 1.54) is 18.3 Å². The Labute approximate surface area is 123 Å². The fraction of sp³-hybridized carbons (Fsp3) is 0.333. The second-order valence-corrected chi connectivity index (χ2v) is 6.09. The SMILES string of the molecule is COC(C)c1nnc(NC(=O)c2ccc(C(C)=O)s2)s1. The van der Waals surface area contributed by atoms with E-state index in [4.69, 9.17) is 4.74 Å². The van der Waals surface area contributed by atoms with Crippen molar-refractivity contribution in [2.45, 2.75) is 20.0 Å². The van der Waals surface area contributed by atoms with Gasteiger partial charge in [-0.2, -0.15) is 0 Å². The number of hydrogen-bond acceptors (Lipinski definition) is 7. The third kappa shape index (κ3) is 3.27. The summed E-state index contributed by atoms with van der Waals surface area (Å²) in [5, 5.41) is 11.6. The van der Waals surface area contributed by atoms with Gasteiger partial charge >= 0.3 is 0 Å². The van der Waals surface area contributed by atoms with Gasteiger partial charge in [0, 0.05) is 7.11 Å². The normalized spacial score (nSPS) is 12.2. The molecule has 1 unspecified atom stereocenters. The van der Waals surface area contributed by atoms with E-state index in [1.54, 1.807) is 19.2 Å². The van der Waals surface area contributed by atoms with Gasteiger partial charge in [-0.3, -0.25) is 14.9 Å². The first-order valence-electron chi connectivity index (χ1n) is 5.79. The highest BCUT2D eigenvalue weighted by Crippen LogP contribution is 2.24. The highest BCUT2D eigenvalue weighted by Gasteiger charge is 2.15. The van der Waals surface area contributed by atoms with Gasteiger partial charge in [0.05, 0.1) is 9.75 Å². The van der Waals surface area contributed by atoms with Crippen LogP contribution in [0.5, 0.6) is 0 Å². The fourth-order valence-electron chi connectivity index (χ4n) is 1.36. The maximum absolute atomic E-state index is 12.0. The highest BCUT2D eigenvalue weighted by atomic mass is 32.1. The van der Waals surface area contributed by atoms with Gasteiger partial charge in [0.15, 0.2) is 5.78 Å². The van der Waals surface area contributed by atoms with Crippen molar-refractivity contribution in [3.63, 3.8) is 0 Å². The maximum Gasteiger partial charge on any atom is 0.267 e. The first-order valence-corrected chi connectivity index (χ1v) is 7.43. The van der Waals surface area contributed by atoms with Gasteiger partial charge in [-0.15, -0.1) is 21.5 Å². The number of thiophene rings is 1. The zero-order chi connectivity index (χ0) is 14.7. The number of ketones is 1. The number of anilines is 1. The second kappa shape index (κ2) is 6.21. The molecule has 2 rings (SSSR count). The first-order chi connectivity index (χ1) is 9.51. The lowest BCUT2D eigenvalue weighted by molar-refractivity contribution is 0.101. The van der Waals surface area contributed by atoms with Gasteiger partial charge in [-0.05, 0) is 26.0 Å². The van der Waals surface area contributed by atoms with Gasteiger partial charge in [0.25, 0.3) is 5.91 Å². The Morgan fingerprint density at radius 3 is 2.55 bits per heavy atom. The first kappa shape index (κ1) is 14.8. The Morgan fingerprint density at radius 1 is 1.25 bits per heavy atom. The Bertz CT molecular complexity index is 635. The Kier molecular flexibility index (Phi) is 4.58. The molecule has 0 aliphatic carbocycles. The number of methoxy groups -OCH3 is 1. The average molecular weight is 311 g/mol. The zero-order valence-corrected chi connectivity index (χ0v) is 12.8. The maximum atomic E-state index is 12.0. The topological polar surface area (TPSA) is 81.2 Å². The van der Waals surface area contributed by atoms with Crippen LogP contribution in [-0.4, -0.2) is 29.0 Å². The predicted octanol–water partition coefficient (Wildman–Crippen LogP) is 2.76. The molecule has 0 aliphatic heterocycles. The molecule has 0 fully saturated rings. The summed E-state index contributed by atoms with van der Waals surface area (Å²) in [6.45, 7) is 3.32. The molecular formula is C12H13N3O3S2. The van der Waals surface area contributed by atoms with E-state index in [0.29, 0.717) is 19.9 Å². The zero-order valence-electron chi connectivity index (χ0n) is 11.2. The van der Waals surface area contributed by atoms with Crippen molar-refractivity contribution in [3.05, 3.63) is 26.9 Å². The Hall–Kier alpha value is -1.64. The summed E-state index contributed by atoms with van der Waals surface area (Å²) in [5.41, 5.74) is 0. The van der Waals surface area contributed by atoms with Crippen LogP contribution in [0.4, 0.5) is 5.13 Å². The number of ether oxygens (including phenoxy) is 1.